The minimum Gasteiger partial charge on any atom is -0.328 e. The number of carbonyl (C=O) groups excluding carboxylic acids is 1. The van der Waals surface area contributed by atoms with E-state index in [1.807, 2.05) is 18.2 Å². The van der Waals surface area contributed by atoms with Gasteiger partial charge >= 0.3 is 0 Å². The van der Waals surface area contributed by atoms with E-state index >= 15 is 0 Å². The van der Waals surface area contributed by atoms with Gasteiger partial charge in [0.2, 0.25) is 0 Å². The Morgan fingerprint density at radius 3 is 3.00 bits per heavy atom. The van der Waals surface area contributed by atoms with Gasteiger partial charge in [-0.15, -0.1) is 6.58 Å². The summed E-state index contributed by atoms with van der Waals surface area (Å²) >= 11 is 5.06. The molecule has 1 fully saturated rings. The maximum atomic E-state index is 11.9. The molecular formula is C12H11N3OS. The summed E-state index contributed by atoms with van der Waals surface area (Å²) in [6.45, 7) is 4.00. The summed E-state index contributed by atoms with van der Waals surface area (Å²) in [4.78, 5) is 17.5. The molecule has 0 bridgehead atoms. The van der Waals surface area contributed by atoms with Crippen LogP contribution >= 0.6 is 12.2 Å². The fourth-order valence-electron chi connectivity index (χ4n) is 1.48. The van der Waals surface area contributed by atoms with Gasteiger partial charge in [0.15, 0.2) is 5.11 Å². The van der Waals surface area contributed by atoms with Gasteiger partial charge in [-0.3, -0.25) is 14.7 Å². The van der Waals surface area contributed by atoms with Crippen molar-refractivity contribution in [3.8, 4) is 0 Å². The predicted molar refractivity (Wildman–Crippen MR) is 69.9 cm³/mol. The molecule has 2 rings (SSSR count). The lowest BCUT2D eigenvalue weighted by Gasteiger charge is -2.09. The van der Waals surface area contributed by atoms with Gasteiger partial charge in [-0.05, 0) is 30.4 Å². The Morgan fingerprint density at radius 2 is 2.35 bits per heavy atom. The van der Waals surface area contributed by atoms with E-state index in [0.29, 0.717) is 23.0 Å². The van der Waals surface area contributed by atoms with Crippen LogP contribution in [0.4, 0.5) is 0 Å². The number of rotatable bonds is 3. The Morgan fingerprint density at radius 1 is 1.53 bits per heavy atom. The van der Waals surface area contributed by atoms with Gasteiger partial charge in [-0.1, -0.05) is 12.1 Å². The highest BCUT2D eigenvalue weighted by atomic mass is 32.1. The summed E-state index contributed by atoms with van der Waals surface area (Å²) in [5.74, 6) is -0.152. The van der Waals surface area contributed by atoms with Gasteiger partial charge in [0.05, 0.1) is 5.69 Å². The van der Waals surface area contributed by atoms with Crippen molar-refractivity contribution >= 4 is 29.3 Å². The zero-order valence-corrected chi connectivity index (χ0v) is 9.91. The number of nitrogens with zero attached hydrogens (tertiary/aromatic N) is 2. The van der Waals surface area contributed by atoms with Crippen LogP contribution in [-0.4, -0.2) is 27.4 Å². The SMILES string of the molecule is C=CCN1C(=O)/C(=C/c2ccccn2)NC1=S. The lowest BCUT2D eigenvalue weighted by Crippen LogP contribution is -2.30. The molecule has 4 nitrogen and oxygen atoms in total. The first-order chi connectivity index (χ1) is 8.22. The number of amides is 1. The van der Waals surface area contributed by atoms with Crippen molar-refractivity contribution in [3.63, 3.8) is 0 Å². The number of hydrogen-bond acceptors (Lipinski definition) is 3. The largest absolute Gasteiger partial charge is 0.328 e. The van der Waals surface area contributed by atoms with Gasteiger partial charge in [0.1, 0.15) is 5.70 Å². The molecule has 0 aromatic carbocycles. The molecule has 1 amide bonds. The molecule has 0 atom stereocenters. The third kappa shape index (κ3) is 2.39. The summed E-state index contributed by atoms with van der Waals surface area (Å²) in [5.41, 5.74) is 1.15. The topological polar surface area (TPSA) is 45.2 Å². The van der Waals surface area contributed by atoms with Crippen LogP contribution in [0.15, 0.2) is 42.7 Å². The highest BCUT2D eigenvalue weighted by Gasteiger charge is 2.29. The Balaban J connectivity index is 2.25. The molecule has 0 radical (unpaired) electrons. The highest BCUT2D eigenvalue weighted by Crippen LogP contribution is 2.12. The molecule has 0 saturated carbocycles. The lowest BCUT2D eigenvalue weighted by atomic mass is 10.3. The Bertz CT molecular complexity index is 496. The number of nitrogens with one attached hydrogen (secondary N) is 1. The fourth-order valence-corrected chi connectivity index (χ4v) is 1.74. The molecular weight excluding hydrogens is 234 g/mol. The Hall–Kier alpha value is -2.01. The normalized spacial score (nSPS) is 17.4. The van der Waals surface area contributed by atoms with Crippen LogP contribution in [0.25, 0.3) is 6.08 Å². The fraction of sp³-hybridized carbons (Fsp3) is 0.0833. The summed E-state index contributed by atoms with van der Waals surface area (Å²) in [6.07, 6.45) is 4.99. The van der Waals surface area contributed by atoms with Crippen molar-refractivity contribution < 1.29 is 4.79 Å². The number of pyridine rings is 1. The monoisotopic (exact) mass is 245 g/mol. The molecule has 86 valence electrons. The molecule has 0 aliphatic carbocycles. The van der Waals surface area contributed by atoms with E-state index in [2.05, 4.69) is 16.9 Å². The molecule has 1 aliphatic rings. The summed E-state index contributed by atoms with van der Waals surface area (Å²) < 4.78 is 0. The van der Waals surface area contributed by atoms with E-state index in [9.17, 15) is 4.79 Å². The number of hydrogen-bond donors (Lipinski definition) is 1. The predicted octanol–water partition coefficient (Wildman–Crippen LogP) is 1.33. The molecule has 2 heterocycles. The summed E-state index contributed by atoms with van der Waals surface area (Å²) in [7, 11) is 0. The van der Waals surface area contributed by atoms with Crippen LogP contribution in [0.2, 0.25) is 0 Å². The molecule has 17 heavy (non-hydrogen) atoms. The van der Waals surface area contributed by atoms with Crippen LogP contribution in [0.1, 0.15) is 5.69 Å². The second kappa shape index (κ2) is 4.88. The molecule has 0 spiro atoms. The average Bonchev–Trinajstić information content (AvgIpc) is 2.59. The molecule has 5 heteroatoms. The van der Waals surface area contributed by atoms with E-state index in [-0.39, 0.29) is 5.91 Å². The summed E-state index contributed by atoms with van der Waals surface area (Å²) in [5, 5.41) is 3.27. The van der Waals surface area contributed by atoms with Gasteiger partial charge in [0.25, 0.3) is 5.91 Å². The second-order valence-electron chi connectivity index (χ2n) is 3.45. The third-order valence-electron chi connectivity index (χ3n) is 2.25. The van der Waals surface area contributed by atoms with Gasteiger partial charge in [0, 0.05) is 12.7 Å². The van der Waals surface area contributed by atoms with Gasteiger partial charge < -0.3 is 5.32 Å². The van der Waals surface area contributed by atoms with E-state index in [1.54, 1.807) is 18.3 Å². The molecule has 1 N–H and O–H groups in total. The number of thiocarbonyl (C=S) groups is 1. The molecule has 0 unspecified atom stereocenters. The second-order valence-corrected chi connectivity index (χ2v) is 3.83. The van der Waals surface area contributed by atoms with Crippen LogP contribution in [0.5, 0.6) is 0 Å². The van der Waals surface area contributed by atoms with Crippen molar-refractivity contribution in [2.45, 2.75) is 0 Å². The van der Waals surface area contributed by atoms with E-state index in [4.69, 9.17) is 12.2 Å². The zero-order chi connectivity index (χ0) is 12.3. The Kier molecular flexibility index (Phi) is 3.30. The Labute approximate surface area is 105 Å². The third-order valence-corrected chi connectivity index (χ3v) is 2.58. The number of aromatic nitrogens is 1. The first kappa shape index (κ1) is 11.5. The maximum absolute atomic E-state index is 11.9. The first-order valence-corrected chi connectivity index (χ1v) is 5.49. The minimum atomic E-state index is -0.152. The summed E-state index contributed by atoms with van der Waals surface area (Å²) in [6, 6.07) is 5.50. The minimum absolute atomic E-state index is 0.152. The van der Waals surface area contributed by atoms with Crippen LogP contribution in [0.3, 0.4) is 0 Å². The first-order valence-electron chi connectivity index (χ1n) is 5.09. The van der Waals surface area contributed by atoms with Crippen molar-refractivity contribution in [1.82, 2.24) is 15.2 Å². The average molecular weight is 245 g/mol. The zero-order valence-electron chi connectivity index (χ0n) is 9.09. The van der Waals surface area contributed by atoms with Crippen LogP contribution in [-0.2, 0) is 4.79 Å². The lowest BCUT2D eigenvalue weighted by molar-refractivity contribution is -0.122. The van der Waals surface area contributed by atoms with Crippen molar-refractivity contribution in [2.24, 2.45) is 0 Å². The number of carbonyl (C=O) groups is 1. The van der Waals surface area contributed by atoms with E-state index in [1.165, 1.54) is 4.90 Å². The smallest absolute Gasteiger partial charge is 0.276 e. The molecule has 1 aromatic heterocycles. The van der Waals surface area contributed by atoms with E-state index < -0.39 is 0 Å². The maximum Gasteiger partial charge on any atom is 0.276 e. The van der Waals surface area contributed by atoms with E-state index in [0.717, 1.165) is 0 Å². The molecule has 1 aliphatic heterocycles. The van der Waals surface area contributed by atoms with Crippen molar-refractivity contribution in [2.75, 3.05) is 6.54 Å². The van der Waals surface area contributed by atoms with Gasteiger partial charge in [-0.2, -0.15) is 0 Å². The van der Waals surface area contributed by atoms with Crippen molar-refractivity contribution in [1.29, 1.82) is 0 Å². The highest BCUT2D eigenvalue weighted by molar-refractivity contribution is 7.80. The molecule has 1 aromatic rings. The standard InChI is InChI=1S/C12H11N3OS/c1-2-7-15-11(16)10(14-12(15)17)8-9-5-3-4-6-13-9/h2-6,8H,1,7H2,(H,14,17)/b10-8-. The quantitative estimate of drug-likeness (QED) is 0.495. The van der Waals surface area contributed by atoms with Gasteiger partial charge in [-0.25, -0.2) is 0 Å². The van der Waals surface area contributed by atoms with Crippen molar-refractivity contribution in [3.05, 3.63) is 48.4 Å². The van der Waals surface area contributed by atoms with Crippen LogP contribution in [0, 0.1) is 0 Å². The molecule has 1 saturated heterocycles. The van der Waals surface area contributed by atoms with Crippen LogP contribution < -0.4 is 5.32 Å².